The summed E-state index contributed by atoms with van der Waals surface area (Å²) in [5, 5.41) is 6.29. The van der Waals surface area contributed by atoms with Crippen molar-refractivity contribution >= 4 is 44.6 Å². The third-order valence-electron chi connectivity index (χ3n) is 7.08. The zero-order valence-corrected chi connectivity index (χ0v) is 23.2. The number of likely N-dealkylation sites (tertiary alicyclic amines) is 1. The van der Waals surface area contributed by atoms with E-state index < -0.39 is 17.6 Å². The number of halogens is 1. The van der Waals surface area contributed by atoms with E-state index in [0.29, 0.717) is 47.4 Å². The molecule has 4 aromatic rings. The molecule has 0 spiro atoms. The van der Waals surface area contributed by atoms with Gasteiger partial charge in [-0.2, -0.15) is 0 Å². The van der Waals surface area contributed by atoms with Crippen LogP contribution in [0.4, 0.5) is 15.8 Å². The van der Waals surface area contributed by atoms with E-state index >= 15 is 0 Å². The molecule has 212 valence electrons. The van der Waals surface area contributed by atoms with E-state index in [1.807, 2.05) is 18.2 Å². The Balaban J connectivity index is 1.08. The van der Waals surface area contributed by atoms with Gasteiger partial charge < -0.3 is 29.7 Å². The Labute approximate surface area is 241 Å². The molecule has 2 N–H and O–H groups in total. The highest BCUT2D eigenvalue weighted by atomic mass is 32.1. The summed E-state index contributed by atoms with van der Waals surface area (Å²) in [6, 6.07) is 16.5. The molecule has 0 aliphatic carbocycles. The summed E-state index contributed by atoms with van der Waals surface area (Å²) in [6.07, 6.45) is 3.53. The molecule has 3 aromatic carbocycles. The molecular weight excluding hydrogens is 545 g/mol. The molecular formula is C31H30FN3O5S. The van der Waals surface area contributed by atoms with E-state index in [1.54, 1.807) is 24.3 Å². The molecule has 0 unspecified atom stereocenters. The van der Waals surface area contributed by atoms with Gasteiger partial charge >= 0.3 is 0 Å². The highest BCUT2D eigenvalue weighted by Gasteiger charge is 2.17. The number of anilines is 2. The standard InChI is InChI=1S/C31H30FN3O5S/c32-24-8-6-22(33-30(36)21-5-9-26-27(16-21)40-15-14-39-26)18-25(24)34-31(37)29-17-20-4-7-23(19-28(20)41-29)38-13-3-12-35-10-1-2-11-35/h4-9,16-19H,1-3,10-15H2,(H,33,36)(H,34,37). The van der Waals surface area contributed by atoms with Crippen molar-refractivity contribution in [3.8, 4) is 17.2 Å². The summed E-state index contributed by atoms with van der Waals surface area (Å²) in [6.45, 7) is 4.91. The Kier molecular flexibility index (Phi) is 8.02. The van der Waals surface area contributed by atoms with Gasteiger partial charge in [-0.15, -0.1) is 11.3 Å². The molecule has 8 nitrogen and oxygen atoms in total. The van der Waals surface area contributed by atoms with E-state index in [0.717, 1.165) is 28.8 Å². The first-order chi connectivity index (χ1) is 20.0. The van der Waals surface area contributed by atoms with Gasteiger partial charge in [-0.1, -0.05) is 0 Å². The lowest BCUT2D eigenvalue weighted by Crippen LogP contribution is -2.21. The average Bonchev–Trinajstić information content (AvgIpc) is 3.67. The first-order valence-electron chi connectivity index (χ1n) is 13.7. The van der Waals surface area contributed by atoms with E-state index in [9.17, 15) is 14.0 Å². The Morgan fingerprint density at radius 3 is 2.59 bits per heavy atom. The molecule has 1 saturated heterocycles. The molecule has 10 heteroatoms. The van der Waals surface area contributed by atoms with Crippen LogP contribution in [0.1, 0.15) is 39.3 Å². The van der Waals surface area contributed by atoms with Crippen LogP contribution < -0.4 is 24.8 Å². The minimum atomic E-state index is -0.610. The van der Waals surface area contributed by atoms with Gasteiger partial charge in [0.1, 0.15) is 24.8 Å². The smallest absolute Gasteiger partial charge is 0.265 e. The highest BCUT2D eigenvalue weighted by Crippen LogP contribution is 2.32. The van der Waals surface area contributed by atoms with Crippen LogP contribution in [0.3, 0.4) is 0 Å². The number of hydrogen-bond donors (Lipinski definition) is 2. The van der Waals surface area contributed by atoms with Crippen molar-refractivity contribution in [3.05, 3.63) is 76.9 Å². The van der Waals surface area contributed by atoms with Crippen LogP contribution in [-0.2, 0) is 0 Å². The summed E-state index contributed by atoms with van der Waals surface area (Å²) in [5.74, 6) is 0.396. The van der Waals surface area contributed by atoms with Crippen LogP contribution >= 0.6 is 11.3 Å². The monoisotopic (exact) mass is 575 g/mol. The number of hydrogen-bond acceptors (Lipinski definition) is 7. The summed E-state index contributed by atoms with van der Waals surface area (Å²) < 4.78 is 32.5. The quantitative estimate of drug-likeness (QED) is 0.232. The molecule has 0 saturated carbocycles. The van der Waals surface area contributed by atoms with Gasteiger partial charge in [0.15, 0.2) is 11.5 Å². The number of nitrogens with zero attached hydrogens (tertiary/aromatic N) is 1. The Morgan fingerprint density at radius 1 is 0.902 bits per heavy atom. The lowest BCUT2D eigenvalue weighted by Gasteiger charge is -2.18. The number of rotatable bonds is 9. The first-order valence-corrected chi connectivity index (χ1v) is 14.5. The van der Waals surface area contributed by atoms with Crippen molar-refractivity contribution < 1.29 is 28.2 Å². The Hall–Kier alpha value is -4.15. The highest BCUT2D eigenvalue weighted by molar-refractivity contribution is 7.20. The molecule has 2 aliphatic rings. The number of benzene rings is 3. The number of nitrogens with one attached hydrogen (secondary N) is 2. The van der Waals surface area contributed by atoms with Gasteiger partial charge in [0.2, 0.25) is 0 Å². The van der Waals surface area contributed by atoms with Gasteiger partial charge in [-0.05, 0) is 98.4 Å². The number of carbonyl (C=O) groups is 2. The van der Waals surface area contributed by atoms with Crippen molar-refractivity contribution in [2.75, 3.05) is 50.1 Å². The van der Waals surface area contributed by atoms with Crippen molar-refractivity contribution in [1.29, 1.82) is 0 Å². The van der Waals surface area contributed by atoms with Crippen LogP contribution in [-0.4, -0.2) is 56.2 Å². The molecule has 1 fully saturated rings. The lowest BCUT2D eigenvalue weighted by atomic mass is 10.1. The molecule has 0 radical (unpaired) electrons. The van der Waals surface area contributed by atoms with Gasteiger partial charge in [0, 0.05) is 22.5 Å². The fraction of sp³-hybridized carbons (Fsp3) is 0.290. The number of carbonyl (C=O) groups excluding carboxylic acids is 2. The van der Waals surface area contributed by atoms with Gasteiger partial charge in [0.25, 0.3) is 11.8 Å². The molecule has 1 aromatic heterocycles. The molecule has 3 heterocycles. The van der Waals surface area contributed by atoms with Crippen LogP contribution in [0, 0.1) is 5.82 Å². The maximum Gasteiger partial charge on any atom is 0.265 e. The van der Waals surface area contributed by atoms with Crippen LogP contribution in [0.5, 0.6) is 17.2 Å². The fourth-order valence-corrected chi connectivity index (χ4v) is 5.95. The normalized spacial score (nSPS) is 14.7. The minimum absolute atomic E-state index is 0.0329. The van der Waals surface area contributed by atoms with E-state index in [4.69, 9.17) is 14.2 Å². The molecule has 2 aliphatic heterocycles. The third-order valence-corrected chi connectivity index (χ3v) is 8.17. The van der Waals surface area contributed by atoms with Crippen molar-refractivity contribution in [3.63, 3.8) is 0 Å². The summed E-state index contributed by atoms with van der Waals surface area (Å²) in [7, 11) is 0. The van der Waals surface area contributed by atoms with Crippen molar-refractivity contribution in [2.24, 2.45) is 0 Å². The second kappa shape index (κ2) is 12.2. The summed E-state index contributed by atoms with van der Waals surface area (Å²) in [5.41, 5.74) is 0.670. The molecule has 0 bridgehead atoms. The number of thiophene rings is 1. The van der Waals surface area contributed by atoms with E-state index in [-0.39, 0.29) is 5.69 Å². The predicted molar refractivity (Wildman–Crippen MR) is 157 cm³/mol. The van der Waals surface area contributed by atoms with Crippen LogP contribution in [0.2, 0.25) is 0 Å². The topological polar surface area (TPSA) is 89.1 Å². The predicted octanol–water partition coefficient (Wildman–Crippen LogP) is 6.18. The molecule has 6 rings (SSSR count). The number of ether oxygens (including phenoxy) is 3. The number of amides is 2. The zero-order chi connectivity index (χ0) is 28.2. The van der Waals surface area contributed by atoms with E-state index in [2.05, 4.69) is 15.5 Å². The minimum Gasteiger partial charge on any atom is -0.493 e. The average molecular weight is 576 g/mol. The number of fused-ring (bicyclic) bond motifs is 2. The van der Waals surface area contributed by atoms with E-state index in [1.165, 1.54) is 55.5 Å². The van der Waals surface area contributed by atoms with Gasteiger partial charge in [-0.3, -0.25) is 9.59 Å². The maximum atomic E-state index is 14.6. The lowest BCUT2D eigenvalue weighted by molar-refractivity contribution is 0.102. The second-order valence-corrected chi connectivity index (χ2v) is 11.1. The SMILES string of the molecule is O=C(Nc1ccc(F)c(NC(=O)c2cc3ccc(OCCCN4CCCC4)cc3s2)c1)c1ccc2c(c1)OCCO2. The molecule has 0 atom stereocenters. The van der Waals surface area contributed by atoms with Crippen LogP contribution in [0.25, 0.3) is 10.1 Å². The van der Waals surface area contributed by atoms with Crippen molar-refractivity contribution in [1.82, 2.24) is 4.90 Å². The largest absolute Gasteiger partial charge is 0.493 e. The van der Waals surface area contributed by atoms with Gasteiger partial charge in [-0.25, -0.2) is 4.39 Å². The van der Waals surface area contributed by atoms with Crippen LogP contribution in [0.15, 0.2) is 60.7 Å². The summed E-state index contributed by atoms with van der Waals surface area (Å²) in [4.78, 5) is 28.7. The Bertz CT molecular complexity index is 1580. The Morgan fingerprint density at radius 2 is 1.73 bits per heavy atom. The fourth-order valence-electron chi connectivity index (χ4n) is 4.97. The van der Waals surface area contributed by atoms with Gasteiger partial charge in [0.05, 0.1) is 17.2 Å². The maximum absolute atomic E-state index is 14.6. The van der Waals surface area contributed by atoms with Crippen molar-refractivity contribution in [2.45, 2.75) is 19.3 Å². The first kappa shape index (κ1) is 27.0. The molecule has 2 amide bonds. The zero-order valence-electron chi connectivity index (χ0n) is 22.4. The second-order valence-electron chi connectivity index (χ2n) is 10.0. The molecule has 41 heavy (non-hydrogen) atoms. The third kappa shape index (κ3) is 6.44. The summed E-state index contributed by atoms with van der Waals surface area (Å²) >= 11 is 1.31.